The maximum absolute atomic E-state index is 5.84. The highest BCUT2D eigenvalue weighted by molar-refractivity contribution is 5.50. The number of rotatable bonds is 4. The first-order valence-electron chi connectivity index (χ1n) is 7.93. The number of hydrogen-bond acceptors (Lipinski definition) is 6. The predicted molar refractivity (Wildman–Crippen MR) is 89.6 cm³/mol. The molecule has 0 radical (unpaired) electrons. The van der Waals surface area contributed by atoms with Gasteiger partial charge >= 0.3 is 0 Å². The standard InChI is InChI=1S/C17H19N5O2/c1-10-6-12-7-14(23-3)13(8-15(12)24-10)9-18-16-4-5-17-20-19-11(2)22(17)21-16/h4-5,7-8,10H,6,9H2,1-3H3,(H,18,21)/t10-/m1/s1. The molecule has 0 saturated heterocycles. The number of nitrogens with one attached hydrogen (secondary N) is 1. The number of ether oxygens (including phenoxy) is 2. The highest BCUT2D eigenvalue weighted by Crippen LogP contribution is 2.35. The lowest BCUT2D eigenvalue weighted by atomic mass is 10.1. The molecule has 0 bridgehead atoms. The van der Waals surface area contributed by atoms with E-state index in [1.807, 2.05) is 25.1 Å². The molecule has 3 aromatic rings. The first-order valence-corrected chi connectivity index (χ1v) is 7.93. The summed E-state index contributed by atoms with van der Waals surface area (Å²) in [6.45, 7) is 4.54. The molecule has 0 spiro atoms. The average Bonchev–Trinajstić information content (AvgIpc) is 3.13. The highest BCUT2D eigenvalue weighted by atomic mass is 16.5. The van der Waals surface area contributed by atoms with E-state index in [9.17, 15) is 0 Å². The molecule has 0 amide bonds. The molecule has 0 aliphatic carbocycles. The Morgan fingerprint density at radius 3 is 3.04 bits per heavy atom. The van der Waals surface area contributed by atoms with Crippen LogP contribution in [-0.2, 0) is 13.0 Å². The Morgan fingerprint density at radius 2 is 2.21 bits per heavy atom. The molecule has 0 fully saturated rings. The molecule has 124 valence electrons. The van der Waals surface area contributed by atoms with Crippen LogP contribution in [0.1, 0.15) is 23.9 Å². The molecule has 2 aromatic heterocycles. The van der Waals surface area contributed by atoms with Gasteiger partial charge in [0.25, 0.3) is 0 Å². The van der Waals surface area contributed by atoms with Crippen LogP contribution in [0.25, 0.3) is 5.65 Å². The van der Waals surface area contributed by atoms with Crippen LogP contribution in [-0.4, -0.2) is 33.0 Å². The lowest BCUT2D eigenvalue weighted by Gasteiger charge is -2.12. The van der Waals surface area contributed by atoms with Crippen molar-refractivity contribution in [1.29, 1.82) is 0 Å². The lowest BCUT2D eigenvalue weighted by molar-refractivity contribution is 0.254. The van der Waals surface area contributed by atoms with Crippen LogP contribution in [0.2, 0.25) is 0 Å². The van der Waals surface area contributed by atoms with Gasteiger partial charge in [-0.3, -0.25) is 0 Å². The Morgan fingerprint density at radius 1 is 1.33 bits per heavy atom. The molecule has 0 saturated carbocycles. The van der Waals surface area contributed by atoms with Crippen molar-refractivity contribution in [3.8, 4) is 11.5 Å². The van der Waals surface area contributed by atoms with E-state index in [-0.39, 0.29) is 6.10 Å². The smallest absolute Gasteiger partial charge is 0.178 e. The molecular weight excluding hydrogens is 306 g/mol. The summed E-state index contributed by atoms with van der Waals surface area (Å²) in [5.74, 6) is 3.31. The number of benzene rings is 1. The molecule has 1 aliphatic rings. The van der Waals surface area contributed by atoms with Crippen molar-refractivity contribution in [2.45, 2.75) is 32.9 Å². The maximum atomic E-state index is 5.84. The van der Waals surface area contributed by atoms with E-state index in [0.717, 1.165) is 40.8 Å². The third kappa shape index (κ3) is 2.51. The first-order chi connectivity index (χ1) is 11.6. The normalized spacial score (nSPS) is 16.0. The zero-order valence-corrected chi connectivity index (χ0v) is 13.9. The molecule has 1 aromatic carbocycles. The minimum atomic E-state index is 0.216. The molecule has 1 atom stereocenters. The number of methoxy groups -OCH3 is 1. The maximum Gasteiger partial charge on any atom is 0.178 e. The van der Waals surface area contributed by atoms with E-state index in [1.165, 1.54) is 5.56 Å². The zero-order chi connectivity index (χ0) is 16.7. The van der Waals surface area contributed by atoms with Crippen molar-refractivity contribution in [1.82, 2.24) is 19.8 Å². The van der Waals surface area contributed by atoms with E-state index < -0.39 is 0 Å². The second-order valence-corrected chi connectivity index (χ2v) is 5.99. The number of hydrogen-bond donors (Lipinski definition) is 1. The van der Waals surface area contributed by atoms with Gasteiger partial charge in [0, 0.05) is 24.1 Å². The monoisotopic (exact) mass is 325 g/mol. The largest absolute Gasteiger partial charge is 0.496 e. The van der Waals surface area contributed by atoms with Gasteiger partial charge in [-0.1, -0.05) is 0 Å². The molecule has 0 unspecified atom stereocenters. The number of nitrogens with zero attached hydrogens (tertiary/aromatic N) is 4. The van der Waals surface area contributed by atoms with Crippen molar-refractivity contribution < 1.29 is 9.47 Å². The van der Waals surface area contributed by atoms with E-state index >= 15 is 0 Å². The summed E-state index contributed by atoms with van der Waals surface area (Å²) in [6, 6.07) is 7.89. The van der Waals surface area contributed by atoms with Gasteiger partial charge in [-0.2, -0.15) is 4.52 Å². The van der Waals surface area contributed by atoms with Gasteiger partial charge in [0.1, 0.15) is 23.4 Å². The molecular formula is C17H19N5O2. The Labute approximate surface area is 139 Å². The van der Waals surface area contributed by atoms with Gasteiger partial charge in [0.2, 0.25) is 0 Å². The summed E-state index contributed by atoms with van der Waals surface area (Å²) < 4.78 is 13.1. The molecule has 7 heteroatoms. The van der Waals surface area contributed by atoms with Crippen molar-refractivity contribution in [2.24, 2.45) is 0 Å². The van der Waals surface area contributed by atoms with Crippen molar-refractivity contribution in [3.05, 3.63) is 41.2 Å². The van der Waals surface area contributed by atoms with Gasteiger partial charge in [-0.15, -0.1) is 15.3 Å². The van der Waals surface area contributed by atoms with E-state index in [1.54, 1.807) is 11.6 Å². The number of anilines is 1. The third-order valence-corrected chi connectivity index (χ3v) is 4.18. The van der Waals surface area contributed by atoms with Gasteiger partial charge in [0.05, 0.1) is 7.11 Å². The van der Waals surface area contributed by atoms with Crippen LogP contribution in [0, 0.1) is 6.92 Å². The van der Waals surface area contributed by atoms with Gasteiger partial charge in [-0.25, -0.2) is 0 Å². The fourth-order valence-corrected chi connectivity index (χ4v) is 2.99. The molecule has 4 rings (SSSR count). The highest BCUT2D eigenvalue weighted by Gasteiger charge is 2.21. The average molecular weight is 325 g/mol. The Kier molecular flexibility index (Phi) is 3.48. The summed E-state index contributed by atoms with van der Waals surface area (Å²) in [6.07, 6.45) is 1.14. The summed E-state index contributed by atoms with van der Waals surface area (Å²) in [5, 5.41) is 15.9. The van der Waals surface area contributed by atoms with Crippen LogP contribution in [0.4, 0.5) is 5.82 Å². The van der Waals surface area contributed by atoms with Crippen LogP contribution in [0.15, 0.2) is 24.3 Å². The molecule has 1 aliphatic heterocycles. The first kappa shape index (κ1) is 14.7. The van der Waals surface area contributed by atoms with E-state index in [0.29, 0.717) is 6.54 Å². The Hall–Kier alpha value is -2.83. The van der Waals surface area contributed by atoms with E-state index in [4.69, 9.17) is 9.47 Å². The van der Waals surface area contributed by atoms with Gasteiger partial charge in [-0.05, 0) is 38.1 Å². The van der Waals surface area contributed by atoms with Crippen LogP contribution < -0.4 is 14.8 Å². The second kappa shape index (κ2) is 5.67. The lowest BCUT2D eigenvalue weighted by Crippen LogP contribution is -2.06. The zero-order valence-electron chi connectivity index (χ0n) is 13.9. The fraction of sp³-hybridized carbons (Fsp3) is 0.353. The van der Waals surface area contributed by atoms with Gasteiger partial charge < -0.3 is 14.8 Å². The third-order valence-electron chi connectivity index (χ3n) is 4.18. The summed E-state index contributed by atoms with van der Waals surface area (Å²) in [4.78, 5) is 0. The minimum absolute atomic E-state index is 0.216. The Balaban J connectivity index is 1.58. The molecule has 3 heterocycles. The van der Waals surface area contributed by atoms with Crippen LogP contribution in [0.5, 0.6) is 11.5 Å². The van der Waals surface area contributed by atoms with Crippen molar-refractivity contribution in [3.63, 3.8) is 0 Å². The van der Waals surface area contributed by atoms with Gasteiger partial charge in [0.15, 0.2) is 11.5 Å². The summed E-state index contributed by atoms with van der Waals surface area (Å²) >= 11 is 0. The van der Waals surface area contributed by atoms with Crippen molar-refractivity contribution in [2.75, 3.05) is 12.4 Å². The number of aryl methyl sites for hydroxylation is 1. The van der Waals surface area contributed by atoms with Crippen molar-refractivity contribution >= 4 is 11.5 Å². The van der Waals surface area contributed by atoms with Crippen LogP contribution >= 0.6 is 0 Å². The number of aromatic nitrogens is 4. The molecule has 1 N–H and O–H groups in total. The molecule has 7 nitrogen and oxygen atoms in total. The second-order valence-electron chi connectivity index (χ2n) is 5.99. The predicted octanol–water partition coefficient (Wildman–Crippen LogP) is 2.38. The summed E-state index contributed by atoms with van der Waals surface area (Å²) in [5.41, 5.74) is 2.96. The molecule has 24 heavy (non-hydrogen) atoms. The Bertz CT molecular complexity index is 905. The SMILES string of the molecule is COc1cc2c(cc1CNc1ccc3nnc(C)n3n1)O[C@H](C)C2. The van der Waals surface area contributed by atoms with E-state index in [2.05, 4.69) is 33.6 Å². The minimum Gasteiger partial charge on any atom is -0.496 e. The fourth-order valence-electron chi connectivity index (χ4n) is 2.99. The summed E-state index contributed by atoms with van der Waals surface area (Å²) in [7, 11) is 1.69. The topological polar surface area (TPSA) is 73.6 Å². The van der Waals surface area contributed by atoms with Crippen LogP contribution in [0.3, 0.4) is 0 Å². The quantitative estimate of drug-likeness (QED) is 0.794. The number of fused-ring (bicyclic) bond motifs is 2.